The van der Waals surface area contributed by atoms with Crippen molar-refractivity contribution in [2.45, 2.75) is 6.42 Å². The van der Waals surface area contributed by atoms with Gasteiger partial charge < -0.3 is 15.0 Å². The highest BCUT2D eigenvalue weighted by molar-refractivity contribution is 7.22. The van der Waals surface area contributed by atoms with Gasteiger partial charge in [-0.1, -0.05) is 29.5 Å². The number of hydrogen-bond donors (Lipinski definition) is 1. The first kappa shape index (κ1) is 18.1. The van der Waals surface area contributed by atoms with Crippen LogP contribution in [0.5, 0.6) is 5.75 Å². The normalized spacial score (nSPS) is 10.7. The van der Waals surface area contributed by atoms with Crippen LogP contribution in [0.4, 0.5) is 9.52 Å². The molecule has 0 unspecified atom stereocenters. The molecule has 1 heterocycles. The molecule has 0 aliphatic heterocycles. The Kier molecular flexibility index (Phi) is 5.68. The lowest BCUT2D eigenvalue weighted by Crippen LogP contribution is -2.36. The fourth-order valence-electron chi connectivity index (χ4n) is 2.58. The average Bonchev–Trinajstić information content (AvgIpc) is 3.08. The number of carbonyl (C=O) groups is 1. The van der Waals surface area contributed by atoms with Crippen molar-refractivity contribution in [2.24, 2.45) is 0 Å². The molecule has 0 saturated heterocycles. The largest absolute Gasteiger partial charge is 0.497 e. The van der Waals surface area contributed by atoms with Crippen LogP contribution in [-0.2, 0) is 11.2 Å². The average molecular weight is 373 g/mol. The number of aromatic nitrogens is 1. The molecule has 2 aromatic carbocycles. The second-order valence-electron chi connectivity index (χ2n) is 5.89. The van der Waals surface area contributed by atoms with E-state index in [4.69, 9.17) is 4.74 Å². The van der Waals surface area contributed by atoms with Crippen molar-refractivity contribution >= 4 is 32.6 Å². The number of ether oxygens (including phenoxy) is 1. The van der Waals surface area contributed by atoms with Gasteiger partial charge in [0.05, 0.1) is 18.4 Å². The Hall–Kier alpha value is -2.67. The molecule has 3 rings (SSSR count). The maximum Gasteiger partial charge on any atom is 0.239 e. The van der Waals surface area contributed by atoms with Crippen LogP contribution >= 0.6 is 11.3 Å². The molecule has 7 heteroatoms. The quantitative estimate of drug-likeness (QED) is 0.691. The lowest BCUT2D eigenvalue weighted by Gasteiger charge is -2.15. The Morgan fingerprint density at radius 2 is 2.12 bits per heavy atom. The standard InChI is InChI=1S/C19H20FN3O2S/c1-23(19-22-18-15(20)7-4-8-16(18)26-19)12-17(24)21-10-9-13-5-3-6-14(11-13)25-2/h3-8,11H,9-10,12H2,1-2H3,(H,21,24). The number of nitrogens with zero attached hydrogens (tertiary/aromatic N) is 2. The van der Waals surface area contributed by atoms with E-state index in [1.165, 1.54) is 17.4 Å². The van der Waals surface area contributed by atoms with Crippen LogP contribution in [0.2, 0.25) is 0 Å². The smallest absolute Gasteiger partial charge is 0.239 e. The summed E-state index contributed by atoms with van der Waals surface area (Å²) in [6, 6.07) is 12.6. The zero-order valence-corrected chi connectivity index (χ0v) is 15.5. The van der Waals surface area contributed by atoms with Crippen molar-refractivity contribution < 1.29 is 13.9 Å². The molecule has 0 radical (unpaired) electrons. The molecule has 0 saturated carbocycles. The summed E-state index contributed by atoms with van der Waals surface area (Å²) >= 11 is 1.37. The number of methoxy groups -OCH3 is 1. The van der Waals surface area contributed by atoms with Crippen LogP contribution in [0.15, 0.2) is 42.5 Å². The van der Waals surface area contributed by atoms with Gasteiger partial charge in [-0.2, -0.15) is 0 Å². The molecule has 1 aromatic heterocycles. The molecule has 136 valence electrons. The Labute approximate surface area is 155 Å². The Morgan fingerprint density at radius 1 is 1.31 bits per heavy atom. The van der Waals surface area contributed by atoms with Gasteiger partial charge in [0, 0.05) is 13.6 Å². The van der Waals surface area contributed by atoms with Crippen molar-refractivity contribution in [1.29, 1.82) is 0 Å². The molecule has 0 bridgehead atoms. The number of hydrogen-bond acceptors (Lipinski definition) is 5. The molecule has 1 amide bonds. The SMILES string of the molecule is COc1cccc(CCNC(=O)CN(C)c2nc3c(F)cccc3s2)c1. The van der Waals surface area contributed by atoms with Gasteiger partial charge in [-0.3, -0.25) is 4.79 Å². The Morgan fingerprint density at radius 3 is 2.88 bits per heavy atom. The van der Waals surface area contributed by atoms with Crippen LogP contribution in [0.1, 0.15) is 5.56 Å². The summed E-state index contributed by atoms with van der Waals surface area (Å²) < 4.78 is 19.7. The number of fused-ring (bicyclic) bond motifs is 1. The summed E-state index contributed by atoms with van der Waals surface area (Å²) in [5.41, 5.74) is 1.44. The summed E-state index contributed by atoms with van der Waals surface area (Å²) in [5, 5.41) is 3.51. The highest BCUT2D eigenvalue weighted by Crippen LogP contribution is 2.29. The predicted octanol–water partition coefficient (Wildman–Crippen LogP) is 3.24. The number of amides is 1. The highest BCUT2D eigenvalue weighted by Gasteiger charge is 2.13. The summed E-state index contributed by atoms with van der Waals surface area (Å²) in [4.78, 5) is 18.2. The van der Waals surface area contributed by atoms with Gasteiger partial charge in [-0.15, -0.1) is 0 Å². The molecular formula is C19H20FN3O2S. The van der Waals surface area contributed by atoms with Gasteiger partial charge in [0.25, 0.3) is 0 Å². The number of likely N-dealkylation sites (N-methyl/N-ethyl adjacent to an activating group) is 1. The molecule has 0 atom stereocenters. The van der Waals surface area contributed by atoms with Crippen LogP contribution in [0, 0.1) is 5.82 Å². The van der Waals surface area contributed by atoms with Crippen LogP contribution in [0.3, 0.4) is 0 Å². The van der Waals surface area contributed by atoms with Gasteiger partial charge in [-0.05, 0) is 36.2 Å². The van der Waals surface area contributed by atoms with Gasteiger partial charge in [0.15, 0.2) is 5.13 Å². The van der Waals surface area contributed by atoms with Gasteiger partial charge in [0.1, 0.15) is 17.1 Å². The molecule has 0 fully saturated rings. The van der Waals surface area contributed by atoms with E-state index in [2.05, 4.69) is 10.3 Å². The van der Waals surface area contributed by atoms with Crippen molar-refractivity contribution in [1.82, 2.24) is 10.3 Å². The molecule has 5 nitrogen and oxygen atoms in total. The van der Waals surface area contributed by atoms with Gasteiger partial charge in [0.2, 0.25) is 5.91 Å². The third-order valence-electron chi connectivity index (χ3n) is 3.94. The lowest BCUT2D eigenvalue weighted by atomic mass is 10.1. The van der Waals surface area contributed by atoms with Crippen LogP contribution < -0.4 is 15.0 Å². The molecule has 26 heavy (non-hydrogen) atoms. The van der Waals surface area contributed by atoms with Gasteiger partial charge in [-0.25, -0.2) is 9.37 Å². The first-order valence-corrected chi connectivity index (χ1v) is 9.04. The third-order valence-corrected chi connectivity index (χ3v) is 5.07. The molecule has 0 aliphatic carbocycles. The molecule has 0 spiro atoms. The van der Waals surface area contributed by atoms with E-state index in [1.54, 1.807) is 25.1 Å². The van der Waals surface area contributed by atoms with Crippen LogP contribution in [-0.4, -0.2) is 38.1 Å². The number of carbonyl (C=O) groups excluding carboxylic acids is 1. The summed E-state index contributed by atoms with van der Waals surface area (Å²) in [7, 11) is 3.40. The van der Waals surface area contributed by atoms with E-state index in [9.17, 15) is 9.18 Å². The van der Waals surface area contributed by atoms with Crippen LogP contribution in [0.25, 0.3) is 10.2 Å². The monoisotopic (exact) mass is 373 g/mol. The van der Waals surface area contributed by atoms with E-state index in [0.29, 0.717) is 17.2 Å². The maximum absolute atomic E-state index is 13.7. The number of para-hydroxylation sites is 1. The van der Waals surface area contributed by atoms with Crippen molar-refractivity contribution in [3.63, 3.8) is 0 Å². The van der Waals surface area contributed by atoms with Gasteiger partial charge >= 0.3 is 0 Å². The summed E-state index contributed by atoms with van der Waals surface area (Å²) in [5.74, 6) is 0.355. The minimum atomic E-state index is -0.346. The van der Waals surface area contributed by atoms with E-state index >= 15 is 0 Å². The number of nitrogens with one attached hydrogen (secondary N) is 1. The van der Waals surface area contributed by atoms with Crippen molar-refractivity contribution in [3.05, 3.63) is 53.8 Å². The minimum absolute atomic E-state index is 0.102. The molecule has 3 aromatic rings. The minimum Gasteiger partial charge on any atom is -0.497 e. The van der Waals surface area contributed by atoms with E-state index in [1.807, 2.05) is 30.3 Å². The summed E-state index contributed by atoms with van der Waals surface area (Å²) in [6.07, 6.45) is 0.721. The zero-order valence-electron chi connectivity index (χ0n) is 14.7. The fraction of sp³-hybridized carbons (Fsp3) is 0.263. The number of thiazole rings is 1. The zero-order chi connectivity index (χ0) is 18.5. The van der Waals surface area contributed by atoms with E-state index in [-0.39, 0.29) is 18.3 Å². The number of halogens is 1. The molecule has 0 aliphatic rings. The molecule has 1 N–H and O–H groups in total. The first-order chi connectivity index (χ1) is 12.6. The van der Waals surface area contributed by atoms with Crippen molar-refractivity contribution in [3.8, 4) is 5.75 Å². The maximum atomic E-state index is 13.7. The number of anilines is 1. The highest BCUT2D eigenvalue weighted by atomic mass is 32.1. The topological polar surface area (TPSA) is 54.5 Å². The Balaban J connectivity index is 1.52. The summed E-state index contributed by atoms with van der Waals surface area (Å²) in [6.45, 7) is 0.702. The second-order valence-corrected chi connectivity index (χ2v) is 6.90. The van der Waals surface area contributed by atoms with E-state index in [0.717, 1.165) is 22.4 Å². The first-order valence-electron chi connectivity index (χ1n) is 8.22. The van der Waals surface area contributed by atoms with E-state index < -0.39 is 0 Å². The Bertz CT molecular complexity index is 913. The second kappa shape index (κ2) is 8.14. The lowest BCUT2D eigenvalue weighted by molar-refractivity contribution is -0.119. The number of benzene rings is 2. The predicted molar refractivity (Wildman–Crippen MR) is 103 cm³/mol. The number of rotatable bonds is 7. The van der Waals surface area contributed by atoms with Crippen molar-refractivity contribution in [2.75, 3.05) is 32.1 Å². The fourth-order valence-corrected chi connectivity index (χ4v) is 3.52. The molecular weight excluding hydrogens is 353 g/mol. The third kappa shape index (κ3) is 4.29.